The summed E-state index contributed by atoms with van der Waals surface area (Å²) in [7, 11) is 0. The molecular weight excluding hydrogens is 232 g/mol. The largest absolute Gasteiger partial charge is 0.511 e. The number of ketones is 1. The SMILES string of the molecule is O=C(O)Oc1cccc2c1C(=O)c1ccccc1-2. The predicted molar refractivity (Wildman–Crippen MR) is 64.0 cm³/mol. The summed E-state index contributed by atoms with van der Waals surface area (Å²) in [4.78, 5) is 22.8. The summed E-state index contributed by atoms with van der Waals surface area (Å²) in [5.74, 6) is -0.112. The van der Waals surface area contributed by atoms with E-state index in [1.165, 1.54) is 6.07 Å². The van der Waals surface area contributed by atoms with Crippen LogP contribution in [0.5, 0.6) is 5.75 Å². The van der Waals surface area contributed by atoms with Gasteiger partial charge in [-0.2, -0.15) is 0 Å². The Labute approximate surface area is 102 Å². The highest BCUT2D eigenvalue weighted by Gasteiger charge is 2.30. The molecule has 88 valence electrons. The van der Waals surface area contributed by atoms with Crippen LogP contribution >= 0.6 is 0 Å². The zero-order valence-corrected chi connectivity index (χ0v) is 9.21. The Morgan fingerprint density at radius 2 is 1.61 bits per heavy atom. The van der Waals surface area contributed by atoms with Crippen LogP contribution in [-0.4, -0.2) is 17.0 Å². The molecular formula is C14H8O4. The van der Waals surface area contributed by atoms with Gasteiger partial charge in [0.05, 0.1) is 5.56 Å². The molecule has 3 rings (SSSR count). The van der Waals surface area contributed by atoms with Crippen molar-refractivity contribution in [1.29, 1.82) is 0 Å². The van der Waals surface area contributed by atoms with E-state index in [-0.39, 0.29) is 11.5 Å². The van der Waals surface area contributed by atoms with E-state index in [0.717, 1.165) is 5.56 Å². The summed E-state index contributed by atoms with van der Waals surface area (Å²) >= 11 is 0. The monoisotopic (exact) mass is 240 g/mol. The van der Waals surface area contributed by atoms with Gasteiger partial charge in [0.1, 0.15) is 5.75 Å². The van der Waals surface area contributed by atoms with Crippen LogP contribution in [0.1, 0.15) is 15.9 Å². The summed E-state index contributed by atoms with van der Waals surface area (Å²) < 4.78 is 4.65. The fourth-order valence-corrected chi connectivity index (χ4v) is 2.22. The van der Waals surface area contributed by atoms with Crippen molar-refractivity contribution in [3.63, 3.8) is 0 Å². The molecule has 0 heterocycles. The van der Waals surface area contributed by atoms with Gasteiger partial charge in [0.2, 0.25) is 0 Å². The molecule has 0 spiro atoms. The van der Waals surface area contributed by atoms with Crippen molar-refractivity contribution in [3.05, 3.63) is 53.6 Å². The summed E-state index contributed by atoms with van der Waals surface area (Å²) in [6.07, 6.45) is -1.42. The number of fused-ring (bicyclic) bond motifs is 3. The molecule has 2 aromatic rings. The van der Waals surface area contributed by atoms with Gasteiger partial charge in [-0.25, -0.2) is 4.79 Å². The van der Waals surface area contributed by atoms with Crippen molar-refractivity contribution in [3.8, 4) is 16.9 Å². The van der Waals surface area contributed by atoms with Crippen molar-refractivity contribution in [2.45, 2.75) is 0 Å². The first kappa shape index (κ1) is 10.5. The molecule has 0 aliphatic heterocycles. The Hall–Kier alpha value is -2.62. The van der Waals surface area contributed by atoms with Crippen LogP contribution in [0.25, 0.3) is 11.1 Å². The number of carbonyl (C=O) groups excluding carboxylic acids is 1. The van der Waals surface area contributed by atoms with Crippen LogP contribution in [0.4, 0.5) is 4.79 Å². The van der Waals surface area contributed by atoms with Crippen LogP contribution in [0, 0.1) is 0 Å². The number of ether oxygens (including phenoxy) is 1. The van der Waals surface area contributed by atoms with Gasteiger partial charge < -0.3 is 9.84 Å². The van der Waals surface area contributed by atoms with E-state index in [2.05, 4.69) is 4.74 Å². The highest BCUT2D eigenvalue weighted by atomic mass is 16.7. The van der Waals surface area contributed by atoms with Crippen molar-refractivity contribution in [1.82, 2.24) is 0 Å². The predicted octanol–water partition coefficient (Wildman–Crippen LogP) is 2.95. The molecule has 1 N–H and O–H groups in total. The molecule has 4 nitrogen and oxygen atoms in total. The molecule has 1 aliphatic carbocycles. The average Bonchev–Trinajstić information content (AvgIpc) is 2.65. The molecule has 0 atom stereocenters. The van der Waals surface area contributed by atoms with Crippen molar-refractivity contribution >= 4 is 11.9 Å². The number of rotatable bonds is 1. The summed E-state index contributed by atoms with van der Waals surface area (Å²) in [5, 5.41) is 8.67. The number of benzene rings is 2. The smallest absolute Gasteiger partial charge is 0.449 e. The molecule has 0 bridgehead atoms. The van der Waals surface area contributed by atoms with E-state index in [0.29, 0.717) is 16.7 Å². The molecule has 0 fully saturated rings. The number of hydrogen-bond acceptors (Lipinski definition) is 3. The molecule has 1 aliphatic rings. The Morgan fingerprint density at radius 3 is 2.33 bits per heavy atom. The minimum Gasteiger partial charge on any atom is -0.449 e. The molecule has 2 aromatic carbocycles. The Balaban J connectivity index is 2.24. The lowest BCUT2D eigenvalue weighted by molar-refractivity contribution is 0.103. The fourth-order valence-electron chi connectivity index (χ4n) is 2.22. The van der Waals surface area contributed by atoms with Crippen molar-refractivity contribution < 1.29 is 19.4 Å². The van der Waals surface area contributed by atoms with Gasteiger partial charge in [0.15, 0.2) is 5.78 Å². The third kappa shape index (κ3) is 1.39. The fraction of sp³-hybridized carbons (Fsp3) is 0. The first-order valence-corrected chi connectivity index (χ1v) is 5.36. The third-order valence-electron chi connectivity index (χ3n) is 2.91. The number of hydrogen-bond donors (Lipinski definition) is 1. The van der Waals surface area contributed by atoms with Crippen molar-refractivity contribution in [2.24, 2.45) is 0 Å². The molecule has 18 heavy (non-hydrogen) atoms. The summed E-state index contributed by atoms with van der Waals surface area (Å²) in [6.45, 7) is 0. The Kier molecular flexibility index (Phi) is 2.16. The van der Waals surface area contributed by atoms with Gasteiger partial charge in [-0.15, -0.1) is 0 Å². The average molecular weight is 240 g/mol. The lowest BCUT2D eigenvalue weighted by Gasteiger charge is -2.05. The number of carbonyl (C=O) groups is 2. The van der Waals surface area contributed by atoms with Crippen LogP contribution < -0.4 is 4.74 Å². The van der Waals surface area contributed by atoms with Crippen molar-refractivity contribution in [2.75, 3.05) is 0 Å². The Morgan fingerprint density at radius 1 is 0.944 bits per heavy atom. The zero-order chi connectivity index (χ0) is 12.7. The lowest BCUT2D eigenvalue weighted by Crippen LogP contribution is -2.07. The summed E-state index contributed by atoms with van der Waals surface area (Å²) in [5.41, 5.74) is 2.43. The van der Waals surface area contributed by atoms with Crippen LogP contribution in [0.2, 0.25) is 0 Å². The van der Waals surface area contributed by atoms with Crippen LogP contribution in [-0.2, 0) is 0 Å². The standard InChI is InChI=1S/C14H8O4/c15-13-10-5-2-1-4-8(10)9-6-3-7-11(12(9)13)18-14(16)17/h1-7H,(H,16,17). The van der Waals surface area contributed by atoms with E-state index in [4.69, 9.17) is 5.11 Å². The van der Waals surface area contributed by atoms with Gasteiger partial charge in [0, 0.05) is 5.56 Å². The molecule has 4 heteroatoms. The highest BCUT2D eigenvalue weighted by Crippen LogP contribution is 2.40. The lowest BCUT2D eigenvalue weighted by atomic mass is 10.1. The maximum absolute atomic E-state index is 12.2. The van der Waals surface area contributed by atoms with Gasteiger partial charge in [-0.3, -0.25) is 4.79 Å². The van der Waals surface area contributed by atoms with Gasteiger partial charge in [-0.05, 0) is 17.2 Å². The van der Waals surface area contributed by atoms with Crippen LogP contribution in [0.15, 0.2) is 42.5 Å². The van der Waals surface area contributed by atoms with Gasteiger partial charge >= 0.3 is 6.16 Å². The molecule has 0 radical (unpaired) electrons. The zero-order valence-electron chi connectivity index (χ0n) is 9.21. The molecule has 0 saturated heterocycles. The molecule has 0 unspecified atom stereocenters. The van der Waals surface area contributed by atoms with E-state index < -0.39 is 6.16 Å². The number of carboxylic acid groups (broad SMARTS) is 1. The molecule has 0 amide bonds. The van der Waals surface area contributed by atoms with E-state index in [1.54, 1.807) is 24.3 Å². The minimum atomic E-state index is -1.42. The van der Waals surface area contributed by atoms with E-state index >= 15 is 0 Å². The first-order chi connectivity index (χ1) is 8.68. The molecule has 0 saturated carbocycles. The summed E-state index contributed by atoms with van der Waals surface area (Å²) in [6, 6.07) is 12.1. The quantitative estimate of drug-likeness (QED) is 0.524. The topological polar surface area (TPSA) is 63.6 Å². The molecule has 0 aromatic heterocycles. The third-order valence-corrected chi connectivity index (χ3v) is 2.91. The second-order valence-corrected chi connectivity index (χ2v) is 3.92. The van der Waals surface area contributed by atoms with E-state index in [9.17, 15) is 9.59 Å². The maximum Gasteiger partial charge on any atom is 0.511 e. The van der Waals surface area contributed by atoms with E-state index in [1.807, 2.05) is 12.1 Å². The van der Waals surface area contributed by atoms with Gasteiger partial charge in [-0.1, -0.05) is 36.4 Å². The van der Waals surface area contributed by atoms with Crippen LogP contribution in [0.3, 0.4) is 0 Å². The minimum absolute atomic E-state index is 0.0844. The first-order valence-electron chi connectivity index (χ1n) is 5.36. The highest BCUT2D eigenvalue weighted by molar-refractivity contribution is 6.23. The second-order valence-electron chi connectivity index (χ2n) is 3.92. The van der Waals surface area contributed by atoms with Gasteiger partial charge in [0.25, 0.3) is 0 Å². The normalized spacial score (nSPS) is 11.9. The second kappa shape index (κ2) is 3.70. The Bertz CT molecular complexity index is 673. The maximum atomic E-state index is 12.2.